The number of fused-ring (bicyclic) bond motifs is 4. The van der Waals surface area contributed by atoms with Crippen LogP contribution >= 0.6 is 0 Å². The lowest BCUT2D eigenvalue weighted by molar-refractivity contribution is 0.592. The first-order valence-corrected chi connectivity index (χ1v) is 20.4. The predicted molar refractivity (Wildman–Crippen MR) is 246 cm³/mol. The fraction of sp³-hybridized carbons (Fsp3) is 0.0877. The number of para-hydroxylation sites is 1. The zero-order chi connectivity index (χ0) is 39.3. The van der Waals surface area contributed by atoms with Crippen LogP contribution < -0.4 is 4.90 Å². The molecule has 0 aromatic heterocycles. The summed E-state index contributed by atoms with van der Waals surface area (Å²) < 4.78 is 0. The van der Waals surface area contributed by atoms with E-state index in [0.29, 0.717) is 0 Å². The van der Waals surface area contributed by atoms with Crippen molar-refractivity contribution in [1.29, 1.82) is 0 Å². The predicted octanol–water partition coefficient (Wildman–Crippen LogP) is 15.3. The molecule has 278 valence electrons. The Morgan fingerprint density at radius 1 is 0.362 bits per heavy atom. The van der Waals surface area contributed by atoms with Crippen LogP contribution in [-0.4, -0.2) is 0 Å². The molecule has 9 aromatic carbocycles. The molecule has 0 spiro atoms. The van der Waals surface area contributed by atoms with E-state index in [-0.39, 0.29) is 5.41 Å². The van der Waals surface area contributed by atoms with E-state index in [2.05, 4.69) is 244 Å². The van der Waals surface area contributed by atoms with Gasteiger partial charge in [0.05, 0.1) is 16.8 Å². The van der Waals surface area contributed by atoms with Crippen LogP contribution in [0.15, 0.2) is 218 Å². The van der Waals surface area contributed by atoms with E-state index in [1.54, 1.807) is 0 Å². The van der Waals surface area contributed by atoms with Gasteiger partial charge < -0.3 is 4.90 Å². The van der Waals surface area contributed by atoms with Gasteiger partial charge >= 0.3 is 0 Å². The Hall–Kier alpha value is -6.96. The van der Waals surface area contributed by atoms with Crippen molar-refractivity contribution in [1.82, 2.24) is 0 Å². The average Bonchev–Trinajstić information content (AvgIpc) is 3.57. The van der Waals surface area contributed by atoms with Crippen molar-refractivity contribution >= 4 is 27.8 Å². The van der Waals surface area contributed by atoms with Gasteiger partial charge in [-0.3, -0.25) is 0 Å². The maximum atomic E-state index is 2.54. The molecule has 0 bridgehead atoms. The smallest absolute Gasteiger partial charge is 0.0714 e. The zero-order valence-electron chi connectivity index (χ0n) is 33.2. The van der Waals surface area contributed by atoms with Gasteiger partial charge in [0.1, 0.15) is 0 Å². The quantitative estimate of drug-likeness (QED) is 0.157. The van der Waals surface area contributed by atoms with Gasteiger partial charge in [0.2, 0.25) is 0 Å². The number of hydrogen-bond acceptors (Lipinski definition) is 1. The molecule has 1 aliphatic carbocycles. The van der Waals surface area contributed by atoms with E-state index in [4.69, 9.17) is 0 Å². The second-order valence-electron chi connectivity index (χ2n) is 16.5. The molecular formula is C57H45N. The summed E-state index contributed by atoms with van der Waals surface area (Å²) in [4.78, 5) is 2.54. The van der Waals surface area contributed by atoms with E-state index in [0.717, 1.165) is 17.1 Å². The number of anilines is 3. The van der Waals surface area contributed by atoms with Crippen molar-refractivity contribution in [2.24, 2.45) is 0 Å². The van der Waals surface area contributed by atoms with E-state index >= 15 is 0 Å². The highest BCUT2D eigenvalue weighted by Gasteiger charge is 2.46. The van der Waals surface area contributed by atoms with Gasteiger partial charge in [0.25, 0.3) is 0 Å². The van der Waals surface area contributed by atoms with Crippen LogP contribution in [0.1, 0.15) is 48.6 Å². The number of nitrogens with zero attached hydrogens (tertiary/aromatic N) is 1. The molecule has 1 nitrogen and oxygen atoms in total. The minimum Gasteiger partial charge on any atom is -0.309 e. The first kappa shape index (κ1) is 35.5. The molecular weight excluding hydrogens is 699 g/mol. The second-order valence-corrected chi connectivity index (χ2v) is 16.5. The summed E-state index contributed by atoms with van der Waals surface area (Å²) in [5, 5.41) is 2.42. The van der Waals surface area contributed by atoms with Crippen LogP contribution in [0.4, 0.5) is 17.1 Å². The maximum absolute atomic E-state index is 2.54. The largest absolute Gasteiger partial charge is 0.309 e. The molecule has 0 saturated carbocycles. The first-order valence-electron chi connectivity index (χ1n) is 20.4. The van der Waals surface area contributed by atoms with Gasteiger partial charge in [-0.05, 0) is 96.6 Å². The van der Waals surface area contributed by atoms with Gasteiger partial charge in [-0.15, -0.1) is 0 Å². The standard InChI is InChI=1S/C57H45N/c1-56(2,3)51-32-18-15-31-48(51)50-37-41-23-13-14-24-42(41)38-55(50)58(54-34-20-17-29-46(54)40-21-7-4-8-22-40)45-35-36-49-47-30-16-19-33-52(47)57(53(49)39-45,43-25-9-5-10-26-43)44-27-11-6-12-28-44/h4-39H,1-3H3. The molecule has 0 N–H and O–H groups in total. The van der Waals surface area contributed by atoms with Crippen LogP contribution in [0.5, 0.6) is 0 Å². The Morgan fingerprint density at radius 3 is 1.55 bits per heavy atom. The van der Waals surface area contributed by atoms with Gasteiger partial charge in [0, 0.05) is 16.8 Å². The third kappa shape index (κ3) is 5.77. The fourth-order valence-electron chi connectivity index (χ4n) is 9.51. The van der Waals surface area contributed by atoms with Gasteiger partial charge in [-0.1, -0.05) is 209 Å². The molecule has 0 radical (unpaired) electrons. The van der Waals surface area contributed by atoms with E-state index in [1.807, 2.05) is 0 Å². The SMILES string of the molecule is CC(C)(C)c1ccccc1-c1cc2ccccc2cc1N(c1ccc2c(c1)C(c1ccccc1)(c1ccccc1)c1ccccc1-2)c1ccccc1-c1ccccc1. The van der Waals surface area contributed by atoms with Gasteiger partial charge in [-0.2, -0.15) is 0 Å². The maximum Gasteiger partial charge on any atom is 0.0714 e. The second kappa shape index (κ2) is 14.2. The van der Waals surface area contributed by atoms with Crippen molar-refractivity contribution in [2.75, 3.05) is 4.90 Å². The molecule has 0 saturated heterocycles. The summed E-state index contributed by atoms with van der Waals surface area (Å²) in [6.45, 7) is 6.96. The van der Waals surface area contributed by atoms with Crippen molar-refractivity contribution in [3.05, 3.63) is 246 Å². The zero-order valence-corrected chi connectivity index (χ0v) is 33.2. The highest BCUT2D eigenvalue weighted by Crippen LogP contribution is 2.58. The van der Waals surface area contributed by atoms with Crippen LogP contribution in [0, 0.1) is 0 Å². The summed E-state index contributed by atoms with van der Waals surface area (Å²) in [6, 6.07) is 80.7. The van der Waals surface area contributed by atoms with Gasteiger partial charge in [-0.25, -0.2) is 0 Å². The summed E-state index contributed by atoms with van der Waals surface area (Å²) in [6.07, 6.45) is 0. The van der Waals surface area contributed by atoms with Crippen molar-refractivity contribution in [2.45, 2.75) is 31.6 Å². The normalized spacial score (nSPS) is 12.9. The van der Waals surface area contributed by atoms with E-state index < -0.39 is 5.41 Å². The van der Waals surface area contributed by atoms with E-state index in [1.165, 1.54) is 72.0 Å². The molecule has 0 fully saturated rings. The van der Waals surface area contributed by atoms with Gasteiger partial charge in [0.15, 0.2) is 0 Å². The lowest BCUT2D eigenvalue weighted by Crippen LogP contribution is -2.28. The molecule has 0 atom stereocenters. The number of rotatable bonds is 7. The molecule has 10 rings (SSSR count). The monoisotopic (exact) mass is 743 g/mol. The Kier molecular flexibility index (Phi) is 8.68. The number of hydrogen-bond donors (Lipinski definition) is 0. The minimum atomic E-state index is -0.528. The molecule has 0 aliphatic heterocycles. The average molecular weight is 744 g/mol. The Morgan fingerprint density at radius 2 is 0.879 bits per heavy atom. The van der Waals surface area contributed by atoms with E-state index in [9.17, 15) is 0 Å². The summed E-state index contributed by atoms with van der Waals surface area (Å²) in [5.41, 5.74) is 16.5. The molecule has 1 heteroatoms. The van der Waals surface area contributed by atoms with Crippen molar-refractivity contribution in [3.8, 4) is 33.4 Å². The third-order valence-electron chi connectivity index (χ3n) is 12.1. The molecule has 0 unspecified atom stereocenters. The Bertz CT molecular complexity index is 2880. The molecule has 1 aliphatic rings. The fourth-order valence-corrected chi connectivity index (χ4v) is 9.51. The highest BCUT2D eigenvalue weighted by molar-refractivity contribution is 6.01. The highest BCUT2D eigenvalue weighted by atomic mass is 15.1. The molecule has 9 aromatic rings. The third-order valence-corrected chi connectivity index (χ3v) is 12.1. The Balaban J connectivity index is 1.33. The molecule has 0 amide bonds. The lowest BCUT2D eigenvalue weighted by Gasteiger charge is -2.35. The summed E-state index contributed by atoms with van der Waals surface area (Å²) >= 11 is 0. The Labute approximate surface area is 342 Å². The number of benzene rings is 9. The molecule has 58 heavy (non-hydrogen) atoms. The van der Waals surface area contributed by atoms with Crippen molar-refractivity contribution < 1.29 is 0 Å². The van der Waals surface area contributed by atoms with Crippen LogP contribution in [-0.2, 0) is 10.8 Å². The van der Waals surface area contributed by atoms with Crippen LogP contribution in [0.25, 0.3) is 44.2 Å². The summed E-state index contributed by atoms with van der Waals surface area (Å²) in [7, 11) is 0. The topological polar surface area (TPSA) is 3.24 Å². The molecule has 0 heterocycles. The van der Waals surface area contributed by atoms with Crippen molar-refractivity contribution in [3.63, 3.8) is 0 Å². The minimum absolute atomic E-state index is 0.0728. The van der Waals surface area contributed by atoms with Crippen LogP contribution in [0.3, 0.4) is 0 Å². The summed E-state index contributed by atoms with van der Waals surface area (Å²) in [5.74, 6) is 0. The first-order chi connectivity index (χ1) is 28.4. The lowest BCUT2D eigenvalue weighted by atomic mass is 9.67. The van der Waals surface area contributed by atoms with Crippen LogP contribution in [0.2, 0.25) is 0 Å².